The van der Waals surface area contributed by atoms with Crippen molar-refractivity contribution in [1.82, 2.24) is 9.80 Å². The van der Waals surface area contributed by atoms with E-state index in [-0.39, 0.29) is 11.3 Å². The quantitative estimate of drug-likeness (QED) is 0.906. The minimum absolute atomic E-state index is 0.0289. The second-order valence-corrected chi connectivity index (χ2v) is 8.14. The minimum Gasteiger partial charge on any atom is -0.481 e. The molecule has 2 aliphatic heterocycles. The molecule has 5 heteroatoms. The number of rotatable bonds is 3. The number of carboxylic acid groups (broad SMARTS) is 1. The van der Waals surface area contributed by atoms with Crippen LogP contribution in [0.1, 0.15) is 31.2 Å². The van der Waals surface area contributed by atoms with Crippen LogP contribution in [0.3, 0.4) is 0 Å². The lowest BCUT2D eigenvalue weighted by Crippen LogP contribution is -2.58. The molecule has 1 saturated carbocycles. The maximum absolute atomic E-state index is 13.1. The van der Waals surface area contributed by atoms with Gasteiger partial charge in [-0.25, -0.2) is 0 Å². The highest BCUT2D eigenvalue weighted by atomic mass is 16.4. The number of piperidine rings is 1. The van der Waals surface area contributed by atoms with Crippen LogP contribution < -0.4 is 0 Å². The van der Waals surface area contributed by atoms with E-state index in [1.807, 2.05) is 35.0 Å². The molecule has 2 fully saturated rings. The van der Waals surface area contributed by atoms with Crippen LogP contribution >= 0.6 is 0 Å². The Bertz CT molecular complexity index is 739. The van der Waals surface area contributed by atoms with Gasteiger partial charge in [0.25, 0.3) is 0 Å². The molecule has 2 unspecified atom stereocenters. The van der Waals surface area contributed by atoms with Crippen molar-refractivity contribution < 1.29 is 14.7 Å². The Morgan fingerprint density at radius 3 is 2.50 bits per heavy atom. The third kappa shape index (κ3) is 3.16. The number of hydrogen-bond donors (Lipinski definition) is 1. The molecule has 26 heavy (non-hydrogen) atoms. The molecular weight excluding hydrogens is 328 g/mol. The number of hydrogen-bond acceptors (Lipinski definition) is 3. The fraction of sp³-hybridized carbons (Fsp3) is 0.524. The fourth-order valence-corrected chi connectivity index (χ4v) is 4.67. The summed E-state index contributed by atoms with van der Waals surface area (Å²) < 4.78 is 0. The molecule has 5 nitrogen and oxygen atoms in total. The summed E-state index contributed by atoms with van der Waals surface area (Å²) in [6.45, 7) is 2.05. The van der Waals surface area contributed by atoms with Crippen molar-refractivity contribution in [3.05, 3.63) is 42.0 Å². The number of carboxylic acids is 1. The fourth-order valence-electron chi connectivity index (χ4n) is 4.67. The van der Waals surface area contributed by atoms with E-state index in [4.69, 9.17) is 0 Å². The first-order chi connectivity index (χ1) is 12.5. The van der Waals surface area contributed by atoms with Gasteiger partial charge in [-0.05, 0) is 49.3 Å². The van der Waals surface area contributed by atoms with Gasteiger partial charge in [0, 0.05) is 19.6 Å². The maximum Gasteiger partial charge on any atom is 0.308 e. The van der Waals surface area contributed by atoms with Crippen LogP contribution in [-0.2, 0) is 9.59 Å². The number of carbonyl (C=O) groups is 2. The highest BCUT2D eigenvalue weighted by Crippen LogP contribution is 2.54. The molecule has 1 aromatic rings. The second-order valence-electron chi connectivity index (χ2n) is 8.14. The van der Waals surface area contributed by atoms with Gasteiger partial charge in [0.05, 0.1) is 5.92 Å². The first kappa shape index (κ1) is 17.3. The molecule has 4 rings (SSSR count). The van der Waals surface area contributed by atoms with Crippen LogP contribution in [0.15, 0.2) is 36.4 Å². The van der Waals surface area contributed by atoms with Gasteiger partial charge in [0.15, 0.2) is 0 Å². The van der Waals surface area contributed by atoms with Crippen molar-refractivity contribution in [2.45, 2.75) is 31.7 Å². The first-order valence-corrected chi connectivity index (χ1v) is 9.45. The predicted molar refractivity (Wildman–Crippen MR) is 99.4 cm³/mol. The number of likely N-dealkylation sites (N-methyl/N-ethyl adjacent to an activating group) is 1. The van der Waals surface area contributed by atoms with Gasteiger partial charge in [0.1, 0.15) is 6.04 Å². The van der Waals surface area contributed by atoms with E-state index >= 15 is 0 Å². The van der Waals surface area contributed by atoms with Crippen LogP contribution in [-0.4, -0.2) is 59.5 Å². The Hall–Kier alpha value is -2.14. The van der Waals surface area contributed by atoms with E-state index in [0.717, 1.165) is 25.8 Å². The van der Waals surface area contributed by atoms with Crippen LogP contribution in [0.4, 0.5) is 0 Å². The summed E-state index contributed by atoms with van der Waals surface area (Å²) in [7, 11) is 1.91. The Morgan fingerprint density at radius 2 is 1.92 bits per heavy atom. The monoisotopic (exact) mass is 354 g/mol. The van der Waals surface area contributed by atoms with Crippen molar-refractivity contribution in [1.29, 1.82) is 0 Å². The van der Waals surface area contributed by atoms with E-state index in [0.29, 0.717) is 19.5 Å². The summed E-state index contributed by atoms with van der Waals surface area (Å²) in [5, 5.41) is 9.72. The molecule has 0 aromatic heterocycles. The molecule has 1 saturated heterocycles. The third-order valence-electron chi connectivity index (χ3n) is 6.29. The summed E-state index contributed by atoms with van der Waals surface area (Å²) >= 11 is 0. The largest absolute Gasteiger partial charge is 0.481 e. The molecule has 2 atom stereocenters. The zero-order valence-electron chi connectivity index (χ0n) is 15.2. The normalized spacial score (nSPS) is 27.9. The highest BCUT2D eigenvalue weighted by molar-refractivity contribution is 5.88. The summed E-state index contributed by atoms with van der Waals surface area (Å²) in [6.07, 6.45) is 5.75. The van der Waals surface area contributed by atoms with Crippen molar-refractivity contribution in [3.8, 4) is 0 Å². The van der Waals surface area contributed by atoms with Crippen LogP contribution in [0.25, 0.3) is 5.57 Å². The molecule has 1 aliphatic carbocycles. The van der Waals surface area contributed by atoms with Gasteiger partial charge in [-0.3, -0.25) is 14.5 Å². The van der Waals surface area contributed by atoms with Crippen LogP contribution in [0, 0.1) is 11.3 Å². The van der Waals surface area contributed by atoms with Gasteiger partial charge < -0.3 is 10.0 Å². The van der Waals surface area contributed by atoms with Gasteiger partial charge in [0.2, 0.25) is 5.91 Å². The minimum atomic E-state index is -0.835. The Kier molecular flexibility index (Phi) is 4.35. The molecule has 138 valence electrons. The third-order valence-corrected chi connectivity index (χ3v) is 6.29. The molecule has 1 N–H and O–H groups in total. The number of nitrogens with zero attached hydrogens (tertiary/aromatic N) is 2. The lowest BCUT2D eigenvalue weighted by molar-refractivity contribution is -0.155. The average Bonchev–Trinajstić information content (AvgIpc) is 3.40. The second kappa shape index (κ2) is 6.54. The van der Waals surface area contributed by atoms with Gasteiger partial charge in [-0.15, -0.1) is 0 Å². The highest BCUT2D eigenvalue weighted by Gasteiger charge is 2.55. The average molecular weight is 354 g/mol. The lowest BCUT2D eigenvalue weighted by atomic mass is 9.80. The molecular formula is C21H26N2O3. The van der Waals surface area contributed by atoms with Gasteiger partial charge in [-0.1, -0.05) is 36.4 Å². The van der Waals surface area contributed by atoms with Crippen molar-refractivity contribution in [3.63, 3.8) is 0 Å². The molecule has 3 aliphatic rings. The van der Waals surface area contributed by atoms with E-state index in [1.165, 1.54) is 11.1 Å². The van der Waals surface area contributed by atoms with Crippen molar-refractivity contribution >= 4 is 17.4 Å². The van der Waals surface area contributed by atoms with Gasteiger partial charge in [-0.2, -0.15) is 0 Å². The predicted octanol–water partition coefficient (Wildman–Crippen LogP) is 2.49. The molecule has 0 bridgehead atoms. The Morgan fingerprint density at radius 1 is 1.19 bits per heavy atom. The zero-order valence-corrected chi connectivity index (χ0v) is 15.2. The SMILES string of the molecule is CN1CC2(CC2)CC(C(=O)O)C1C(=O)N1CC=C(c2ccccc2)CC1. The molecule has 0 radical (unpaired) electrons. The van der Waals surface area contributed by atoms with Crippen molar-refractivity contribution in [2.24, 2.45) is 11.3 Å². The lowest BCUT2D eigenvalue weighted by Gasteiger charge is -2.43. The molecule has 1 aromatic carbocycles. The number of aliphatic carboxylic acids is 1. The summed E-state index contributed by atoms with van der Waals surface area (Å²) in [5.74, 6) is -1.46. The Labute approximate surface area is 154 Å². The number of benzene rings is 1. The summed E-state index contributed by atoms with van der Waals surface area (Å²) in [4.78, 5) is 28.8. The first-order valence-electron chi connectivity index (χ1n) is 9.45. The van der Waals surface area contributed by atoms with Crippen LogP contribution in [0.2, 0.25) is 0 Å². The molecule has 1 amide bonds. The number of carbonyl (C=O) groups excluding carboxylic acids is 1. The van der Waals surface area contributed by atoms with E-state index in [1.54, 1.807) is 0 Å². The molecule has 1 spiro atoms. The maximum atomic E-state index is 13.1. The van der Waals surface area contributed by atoms with Crippen LogP contribution in [0.5, 0.6) is 0 Å². The molecule has 2 heterocycles. The van der Waals surface area contributed by atoms with E-state index in [9.17, 15) is 14.7 Å². The van der Waals surface area contributed by atoms with Gasteiger partial charge >= 0.3 is 5.97 Å². The van der Waals surface area contributed by atoms with Crippen molar-refractivity contribution in [2.75, 3.05) is 26.7 Å². The number of likely N-dealkylation sites (tertiary alicyclic amines) is 1. The summed E-state index contributed by atoms with van der Waals surface area (Å²) in [6, 6.07) is 9.69. The topological polar surface area (TPSA) is 60.9 Å². The van der Waals surface area contributed by atoms with E-state index in [2.05, 4.69) is 18.2 Å². The van der Waals surface area contributed by atoms with E-state index < -0.39 is 17.9 Å². The zero-order chi connectivity index (χ0) is 18.3. The summed E-state index contributed by atoms with van der Waals surface area (Å²) in [5.41, 5.74) is 2.61. The number of amides is 1. The standard InChI is InChI=1S/C21H26N2O3/c1-22-14-21(9-10-21)13-17(20(25)26)18(22)19(24)23-11-7-16(8-12-23)15-5-3-2-4-6-15/h2-7,17-18H,8-14H2,1H3,(H,25,26). The smallest absolute Gasteiger partial charge is 0.308 e. The Balaban J connectivity index is 1.48.